The lowest BCUT2D eigenvalue weighted by Gasteiger charge is -2.22. The van der Waals surface area contributed by atoms with Crippen molar-refractivity contribution in [3.05, 3.63) is 35.1 Å². The minimum atomic E-state index is -0.115. The zero-order valence-electron chi connectivity index (χ0n) is 9.97. The average molecular weight is 209 g/mol. The van der Waals surface area contributed by atoms with E-state index in [0.717, 1.165) is 12.1 Å². The molecule has 0 heterocycles. The Bertz CT molecular complexity index is 320. The summed E-state index contributed by atoms with van der Waals surface area (Å²) < 4.78 is 13.4. The topological polar surface area (TPSA) is 12.0 Å². The van der Waals surface area contributed by atoms with Crippen LogP contribution in [0.3, 0.4) is 0 Å². The van der Waals surface area contributed by atoms with Gasteiger partial charge in [-0.1, -0.05) is 32.9 Å². The van der Waals surface area contributed by atoms with Crippen LogP contribution in [0.25, 0.3) is 0 Å². The Morgan fingerprint density at radius 3 is 2.47 bits per heavy atom. The monoisotopic (exact) mass is 209 g/mol. The molecule has 0 saturated heterocycles. The van der Waals surface area contributed by atoms with E-state index in [9.17, 15) is 4.39 Å². The molecule has 0 saturated carbocycles. The van der Waals surface area contributed by atoms with Crippen LogP contribution in [0.5, 0.6) is 0 Å². The number of hydrogen-bond donors (Lipinski definition) is 1. The van der Waals surface area contributed by atoms with Gasteiger partial charge < -0.3 is 5.32 Å². The Morgan fingerprint density at radius 2 is 2.00 bits per heavy atom. The Morgan fingerprint density at radius 1 is 1.33 bits per heavy atom. The van der Waals surface area contributed by atoms with Gasteiger partial charge in [0.05, 0.1) is 0 Å². The summed E-state index contributed by atoms with van der Waals surface area (Å²) in [4.78, 5) is 0. The van der Waals surface area contributed by atoms with Gasteiger partial charge in [-0.2, -0.15) is 0 Å². The van der Waals surface area contributed by atoms with Crippen LogP contribution in [0.2, 0.25) is 0 Å². The zero-order chi connectivity index (χ0) is 11.4. The quantitative estimate of drug-likeness (QED) is 0.801. The SMILES string of the molecule is CCNC(c1ccc(C)c(F)c1)C(C)C. The Labute approximate surface area is 91.7 Å². The van der Waals surface area contributed by atoms with Gasteiger partial charge in [0.15, 0.2) is 0 Å². The summed E-state index contributed by atoms with van der Waals surface area (Å²) in [6.45, 7) is 9.05. The van der Waals surface area contributed by atoms with Gasteiger partial charge in [-0.25, -0.2) is 4.39 Å². The van der Waals surface area contributed by atoms with Crippen LogP contribution in [-0.4, -0.2) is 6.54 Å². The smallest absolute Gasteiger partial charge is 0.126 e. The largest absolute Gasteiger partial charge is 0.310 e. The number of benzene rings is 1. The van der Waals surface area contributed by atoms with Crippen molar-refractivity contribution in [2.45, 2.75) is 33.7 Å². The fourth-order valence-electron chi connectivity index (χ4n) is 1.76. The Kier molecular flexibility index (Phi) is 4.28. The standard InChI is InChI=1S/C13H20FN/c1-5-15-13(9(2)3)11-7-6-10(4)12(14)8-11/h6-9,13,15H,5H2,1-4H3. The zero-order valence-corrected chi connectivity index (χ0v) is 9.97. The molecule has 15 heavy (non-hydrogen) atoms. The van der Waals surface area contributed by atoms with E-state index in [1.165, 1.54) is 0 Å². The number of halogens is 1. The van der Waals surface area contributed by atoms with Gasteiger partial charge in [0.2, 0.25) is 0 Å². The van der Waals surface area contributed by atoms with E-state index in [1.807, 2.05) is 12.1 Å². The van der Waals surface area contributed by atoms with Crippen molar-refractivity contribution in [1.29, 1.82) is 0 Å². The van der Waals surface area contributed by atoms with Crippen LogP contribution in [0.15, 0.2) is 18.2 Å². The molecular formula is C13H20FN. The molecule has 0 bridgehead atoms. The predicted molar refractivity (Wildman–Crippen MR) is 62.4 cm³/mol. The molecule has 1 rings (SSSR count). The lowest BCUT2D eigenvalue weighted by atomic mass is 9.95. The second-order valence-corrected chi connectivity index (χ2v) is 4.29. The summed E-state index contributed by atoms with van der Waals surface area (Å²) in [6, 6.07) is 5.73. The lowest BCUT2D eigenvalue weighted by Crippen LogP contribution is -2.25. The summed E-state index contributed by atoms with van der Waals surface area (Å²) in [5.74, 6) is 0.350. The second kappa shape index (κ2) is 5.26. The molecule has 0 amide bonds. The molecule has 1 aromatic rings. The van der Waals surface area contributed by atoms with Gasteiger partial charge in [0.25, 0.3) is 0 Å². The van der Waals surface area contributed by atoms with Gasteiger partial charge in [0, 0.05) is 6.04 Å². The van der Waals surface area contributed by atoms with Gasteiger partial charge in [-0.3, -0.25) is 0 Å². The molecule has 0 aliphatic carbocycles. The lowest BCUT2D eigenvalue weighted by molar-refractivity contribution is 0.419. The second-order valence-electron chi connectivity index (χ2n) is 4.29. The molecule has 0 radical (unpaired) electrons. The first-order valence-electron chi connectivity index (χ1n) is 5.55. The highest BCUT2D eigenvalue weighted by atomic mass is 19.1. The van der Waals surface area contributed by atoms with E-state index in [0.29, 0.717) is 11.5 Å². The summed E-state index contributed by atoms with van der Waals surface area (Å²) in [5.41, 5.74) is 1.74. The minimum absolute atomic E-state index is 0.115. The highest BCUT2D eigenvalue weighted by Gasteiger charge is 2.15. The average Bonchev–Trinajstić information content (AvgIpc) is 2.18. The minimum Gasteiger partial charge on any atom is -0.310 e. The van der Waals surface area contributed by atoms with Gasteiger partial charge in [-0.15, -0.1) is 0 Å². The third-order valence-corrected chi connectivity index (χ3v) is 2.65. The van der Waals surface area contributed by atoms with Crippen molar-refractivity contribution in [2.75, 3.05) is 6.54 Å². The number of hydrogen-bond acceptors (Lipinski definition) is 1. The van der Waals surface area contributed by atoms with E-state index in [-0.39, 0.29) is 11.9 Å². The fraction of sp³-hybridized carbons (Fsp3) is 0.538. The molecule has 1 nitrogen and oxygen atoms in total. The maximum Gasteiger partial charge on any atom is 0.126 e. The van der Waals surface area contributed by atoms with Crippen LogP contribution >= 0.6 is 0 Å². The molecule has 1 aromatic carbocycles. The molecule has 1 atom stereocenters. The maximum absolute atomic E-state index is 13.4. The van der Waals surface area contributed by atoms with E-state index in [1.54, 1.807) is 13.0 Å². The van der Waals surface area contributed by atoms with E-state index in [4.69, 9.17) is 0 Å². The molecule has 0 aliphatic rings. The number of rotatable bonds is 4. The molecular weight excluding hydrogens is 189 g/mol. The van der Waals surface area contributed by atoms with Crippen molar-refractivity contribution in [2.24, 2.45) is 5.92 Å². The predicted octanol–water partition coefficient (Wildman–Crippen LogP) is 3.44. The fourth-order valence-corrected chi connectivity index (χ4v) is 1.76. The van der Waals surface area contributed by atoms with Crippen LogP contribution < -0.4 is 5.32 Å². The highest BCUT2D eigenvalue weighted by Crippen LogP contribution is 2.23. The van der Waals surface area contributed by atoms with E-state index < -0.39 is 0 Å². The molecule has 0 aliphatic heterocycles. The highest BCUT2D eigenvalue weighted by molar-refractivity contribution is 5.26. The van der Waals surface area contributed by atoms with Crippen molar-refractivity contribution >= 4 is 0 Å². The van der Waals surface area contributed by atoms with Gasteiger partial charge in [-0.05, 0) is 36.6 Å². The first-order valence-corrected chi connectivity index (χ1v) is 5.55. The van der Waals surface area contributed by atoms with E-state index >= 15 is 0 Å². The Balaban J connectivity index is 2.95. The summed E-state index contributed by atoms with van der Waals surface area (Å²) in [5, 5.41) is 3.38. The summed E-state index contributed by atoms with van der Waals surface area (Å²) in [6.07, 6.45) is 0. The van der Waals surface area contributed by atoms with Gasteiger partial charge >= 0.3 is 0 Å². The van der Waals surface area contributed by atoms with Gasteiger partial charge in [0.1, 0.15) is 5.82 Å². The first kappa shape index (κ1) is 12.2. The molecule has 84 valence electrons. The van der Waals surface area contributed by atoms with Crippen LogP contribution in [0, 0.1) is 18.7 Å². The Hall–Kier alpha value is -0.890. The first-order chi connectivity index (χ1) is 7.06. The molecule has 0 spiro atoms. The molecule has 1 unspecified atom stereocenters. The van der Waals surface area contributed by atoms with Crippen molar-refractivity contribution in [3.63, 3.8) is 0 Å². The van der Waals surface area contributed by atoms with Crippen molar-refractivity contribution in [3.8, 4) is 0 Å². The summed E-state index contributed by atoms with van der Waals surface area (Å²) >= 11 is 0. The normalized spacial score (nSPS) is 13.2. The molecule has 1 N–H and O–H groups in total. The van der Waals surface area contributed by atoms with Crippen LogP contribution in [0.4, 0.5) is 4.39 Å². The van der Waals surface area contributed by atoms with Crippen LogP contribution in [0.1, 0.15) is 37.9 Å². The maximum atomic E-state index is 13.4. The number of aryl methyl sites for hydroxylation is 1. The molecule has 0 fully saturated rings. The number of nitrogens with one attached hydrogen (secondary N) is 1. The molecule has 2 heteroatoms. The third kappa shape index (κ3) is 3.03. The van der Waals surface area contributed by atoms with Crippen molar-refractivity contribution < 1.29 is 4.39 Å². The van der Waals surface area contributed by atoms with E-state index in [2.05, 4.69) is 26.1 Å². The third-order valence-electron chi connectivity index (χ3n) is 2.65. The molecule has 0 aromatic heterocycles. The summed E-state index contributed by atoms with van der Waals surface area (Å²) in [7, 11) is 0. The van der Waals surface area contributed by atoms with Crippen LogP contribution in [-0.2, 0) is 0 Å². The van der Waals surface area contributed by atoms with Crippen molar-refractivity contribution in [1.82, 2.24) is 5.32 Å².